The van der Waals surface area contributed by atoms with Crippen molar-refractivity contribution in [3.05, 3.63) is 0 Å². The lowest BCUT2D eigenvalue weighted by Crippen LogP contribution is -2.44. The van der Waals surface area contributed by atoms with Crippen LogP contribution in [0, 0.1) is 5.92 Å². The van der Waals surface area contributed by atoms with E-state index >= 15 is 0 Å². The van der Waals surface area contributed by atoms with Crippen molar-refractivity contribution in [1.82, 2.24) is 5.32 Å². The van der Waals surface area contributed by atoms with E-state index < -0.39 is 11.6 Å². The van der Waals surface area contributed by atoms with Gasteiger partial charge in [0.2, 0.25) is 0 Å². The molecule has 1 saturated carbocycles. The summed E-state index contributed by atoms with van der Waals surface area (Å²) in [6.07, 6.45) is 3.57. The second-order valence-electron chi connectivity index (χ2n) is 5.50. The van der Waals surface area contributed by atoms with Gasteiger partial charge < -0.3 is 20.6 Å². The number of nitrogens with one attached hydrogen (secondary N) is 1. The van der Waals surface area contributed by atoms with Crippen molar-refractivity contribution in [1.29, 1.82) is 0 Å². The molecular weight excluding hydrogens is 234 g/mol. The summed E-state index contributed by atoms with van der Waals surface area (Å²) in [6, 6.07) is 0. The van der Waals surface area contributed by atoms with E-state index in [0.717, 1.165) is 19.4 Å². The zero-order valence-corrected chi connectivity index (χ0v) is 11.1. The Morgan fingerprint density at radius 1 is 1.44 bits per heavy atom. The number of aliphatic hydroxyl groups is 2. The Kier molecular flexibility index (Phi) is 6.05. The predicted molar refractivity (Wildman–Crippen MR) is 68.3 cm³/mol. The van der Waals surface area contributed by atoms with Crippen molar-refractivity contribution in [2.24, 2.45) is 5.92 Å². The topological polar surface area (TPSA) is 89.8 Å². The summed E-state index contributed by atoms with van der Waals surface area (Å²) < 4.78 is 0. The standard InChI is InChI=1S/C13H25NO4/c1-10(15)3-2-8-14-9-13(18)6-4-11(5-7-13)12(16)17/h10-11,14-15,18H,2-9H2,1H3,(H,16,17). The number of aliphatic carboxylic acids is 1. The predicted octanol–water partition coefficient (Wildman–Crippen LogP) is 0.743. The van der Waals surface area contributed by atoms with Gasteiger partial charge in [0.25, 0.3) is 0 Å². The zero-order valence-electron chi connectivity index (χ0n) is 11.1. The number of rotatable bonds is 7. The highest BCUT2D eigenvalue weighted by molar-refractivity contribution is 5.70. The Balaban J connectivity index is 2.16. The number of carbonyl (C=O) groups is 1. The van der Waals surface area contributed by atoms with E-state index in [-0.39, 0.29) is 12.0 Å². The molecule has 5 nitrogen and oxygen atoms in total. The average molecular weight is 259 g/mol. The van der Waals surface area contributed by atoms with Gasteiger partial charge in [-0.05, 0) is 52.0 Å². The quantitative estimate of drug-likeness (QED) is 0.506. The minimum Gasteiger partial charge on any atom is -0.481 e. The van der Waals surface area contributed by atoms with E-state index in [4.69, 9.17) is 10.2 Å². The first-order chi connectivity index (χ1) is 8.43. The smallest absolute Gasteiger partial charge is 0.306 e. The van der Waals surface area contributed by atoms with Gasteiger partial charge >= 0.3 is 5.97 Å². The molecule has 106 valence electrons. The fourth-order valence-electron chi connectivity index (χ4n) is 2.42. The highest BCUT2D eigenvalue weighted by atomic mass is 16.4. The number of carboxylic acid groups (broad SMARTS) is 1. The lowest BCUT2D eigenvalue weighted by Gasteiger charge is -2.34. The molecule has 0 saturated heterocycles. The van der Waals surface area contributed by atoms with Gasteiger partial charge in [-0.15, -0.1) is 0 Å². The zero-order chi connectivity index (χ0) is 13.6. The summed E-state index contributed by atoms with van der Waals surface area (Å²) in [5.41, 5.74) is -0.753. The molecule has 0 radical (unpaired) electrons. The number of hydrogen-bond acceptors (Lipinski definition) is 4. The van der Waals surface area contributed by atoms with Gasteiger partial charge in [-0.25, -0.2) is 0 Å². The molecule has 0 amide bonds. The lowest BCUT2D eigenvalue weighted by atomic mass is 9.79. The molecule has 1 aliphatic rings. The largest absolute Gasteiger partial charge is 0.481 e. The maximum Gasteiger partial charge on any atom is 0.306 e. The van der Waals surface area contributed by atoms with Crippen LogP contribution in [0.15, 0.2) is 0 Å². The maximum atomic E-state index is 10.8. The summed E-state index contributed by atoms with van der Waals surface area (Å²) in [5, 5.41) is 31.4. The Morgan fingerprint density at radius 2 is 2.06 bits per heavy atom. The van der Waals surface area contributed by atoms with E-state index in [9.17, 15) is 9.90 Å². The highest BCUT2D eigenvalue weighted by Crippen LogP contribution is 2.31. The van der Waals surface area contributed by atoms with Gasteiger partial charge in [-0.2, -0.15) is 0 Å². The second kappa shape index (κ2) is 7.07. The minimum absolute atomic E-state index is 0.277. The first-order valence-electron chi connectivity index (χ1n) is 6.77. The maximum absolute atomic E-state index is 10.8. The third-order valence-corrected chi connectivity index (χ3v) is 3.70. The average Bonchev–Trinajstić information content (AvgIpc) is 2.28. The lowest BCUT2D eigenvalue weighted by molar-refractivity contribution is -0.144. The molecule has 0 aliphatic heterocycles. The van der Waals surface area contributed by atoms with Crippen molar-refractivity contribution in [3.8, 4) is 0 Å². The van der Waals surface area contributed by atoms with Crippen LogP contribution in [0.3, 0.4) is 0 Å². The Bertz CT molecular complexity index is 260. The molecule has 0 spiro atoms. The highest BCUT2D eigenvalue weighted by Gasteiger charge is 2.35. The molecule has 1 rings (SSSR count). The van der Waals surface area contributed by atoms with Crippen molar-refractivity contribution >= 4 is 5.97 Å². The first-order valence-corrected chi connectivity index (χ1v) is 6.77. The van der Waals surface area contributed by atoms with Crippen molar-refractivity contribution in [3.63, 3.8) is 0 Å². The van der Waals surface area contributed by atoms with Crippen molar-refractivity contribution < 1.29 is 20.1 Å². The molecule has 1 fully saturated rings. The Morgan fingerprint density at radius 3 is 2.56 bits per heavy atom. The molecule has 4 N–H and O–H groups in total. The van der Waals surface area contributed by atoms with Gasteiger partial charge in [0, 0.05) is 6.54 Å². The second-order valence-corrected chi connectivity index (χ2v) is 5.50. The fraction of sp³-hybridized carbons (Fsp3) is 0.923. The van der Waals surface area contributed by atoms with Gasteiger partial charge in [0.1, 0.15) is 0 Å². The number of aliphatic hydroxyl groups excluding tert-OH is 1. The molecule has 1 atom stereocenters. The molecule has 0 aromatic carbocycles. The summed E-state index contributed by atoms with van der Waals surface area (Å²) in [6.45, 7) is 3.05. The molecule has 5 heteroatoms. The van der Waals surface area contributed by atoms with Gasteiger partial charge in [0.05, 0.1) is 17.6 Å². The number of carboxylic acids is 1. The molecule has 1 aliphatic carbocycles. The van der Waals surface area contributed by atoms with E-state index in [1.165, 1.54) is 0 Å². The molecule has 18 heavy (non-hydrogen) atoms. The van der Waals surface area contributed by atoms with Crippen LogP contribution in [0.1, 0.15) is 45.4 Å². The van der Waals surface area contributed by atoms with Crippen LogP contribution >= 0.6 is 0 Å². The Hall–Kier alpha value is -0.650. The molecule has 1 unspecified atom stereocenters. The van der Waals surface area contributed by atoms with E-state index in [0.29, 0.717) is 32.2 Å². The van der Waals surface area contributed by atoms with E-state index in [2.05, 4.69) is 5.32 Å². The molecule has 0 aromatic heterocycles. The van der Waals surface area contributed by atoms with Crippen LogP contribution in [-0.4, -0.2) is 46.1 Å². The summed E-state index contributed by atoms with van der Waals surface area (Å²) in [7, 11) is 0. The van der Waals surface area contributed by atoms with Crippen molar-refractivity contribution in [2.75, 3.05) is 13.1 Å². The SMILES string of the molecule is CC(O)CCCNCC1(O)CCC(C(=O)O)CC1. The third-order valence-electron chi connectivity index (χ3n) is 3.70. The summed E-state index contributed by atoms with van der Waals surface area (Å²) in [4.78, 5) is 10.8. The third kappa shape index (κ3) is 5.33. The van der Waals surface area contributed by atoms with Gasteiger partial charge in [0.15, 0.2) is 0 Å². The molecule has 0 aromatic rings. The Labute approximate surface area is 108 Å². The van der Waals surface area contributed by atoms with Crippen LogP contribution in [-0.2, 0) is 4.79 Å². The normalized spacial score (nSPS) is 30.1. The van der Waals surface area contributed by atoms with E-state index in [1.807, 2.05) is 0 Å². The molecule has 0 bridgehead atoms. The molecule has 0 heterocycles. The number of hydrogen-bond donors (Lipinski definition) is 4. The van der Waals surface area contributed by atoms with E-state index in [1.54, 1.807) is 6.92 Å². The van der Waals surface area contributed by atoms with Gasteiger partial charge in [-0.1, -0.05) is 0 Å². The fourth-order valence-corrected chi connectivity index (χ4v) is 2.42. The van der Waals surface area contributed by atoms with Crippen LogP contribution in [0.25, 0.3) is 0 Å². The monoisotopic (exact) mass is 259 g/mol. The summed E-state index contributed by atoms with van der Waals surface area (Å²) in [5.74, 6) is -1.04. The van der Waals surface area contributed by atoms with Gasteiger partial charge in [-0.3, -0.25) is 4.79 Å². The first kappa shape index (κ1) is 15.4. The van der Waals surface area contributed by atoms with Crippen LogP contribution in [0.4, 0.5) is 0 Å². The summed E-state index contributed by atoms with van der Waals surface area (Å²) >= 11 is 0. The molecular formula is C13H25NO4. The minimum atomic E-state index is -0.753. The van der Waals surface area contributed by atoms with Crippen LogP contribution in [0.5, 0.6) is 0 Å². The van der Waals surface area contributed by atoms with Crippen LogP contribution in [0.2, 0.25) is 0 Å². The van der Waals surface area contributed by atoms with Crippen LogP contribution < -0.4 is 5.32 Å². The van der Waals surface area contributed by atoms with Crippen molar-refractivity contribution in [2.45, 2.75) is 57.2 Å².